The van der Waals surface area contributed by atoms with E-state index >= 15 is 0 Å². The Morgan fingerprint density at radius 1 is 1.53 bits per heavy atom. The average Bonchev–Trinajstić information content (AvgIpc) is 2.56. The van der Waals surface area contributed by atoms with E-state index in [4.69, 9.17) is 0 Å². The number of thioether (sulfide) groups is 1. The number of hydrogen-bond donors (Lipinski definition) is 0. The van der Waals surface area contributed by atoms with Gasteiger partial charge in [0.25, 0.3) is 0 Å². The van der Waals surface area contributed by atoms with Gasteiger partial charge < -0.3 is 9.30 Å². The second-order valence-electron chi connectivity index (χ2n) is 3.36. The highest BCUT2D eigenvalue weighted by Gasteiger charge is 2.13. The van der Waals surface area contributed by atoms with Crippen LogP contribution < -0.4 is 0 Å². The van der Waals surface area contributed by atoms with Crippen molar-refractivity contribution in [3.8, 4) is 0 Å². The van der Waals surface area contributed by atoms with Crippen LogP contribution >= 0.6 is 11.8 Å². The molecule has 0 spiro atoms. The normalized spacial score (nSPS) is 10.7. The number of carbonyl (C=O) groups excluding carboxylic acids is 1. The van der Waals surface area contributed by atoms with Gasteiger partial charge in [-0.3, -0.25) is 4.79 Å². The summed E-state index contributed by atoms with van der Waals surface area (Å²) in [6, 6.07) is 0.292. The number of methoxy groups -OCH3 is 1. The van der Waals surface area contributed by atoms with Crippen LogP contribution in [0.15, 0.2) is 5.16 Å². The topological polar surface area (TPSA) is 57.0 Å². The molecule has 0 aliphatic heterocycles. The second-order valence-corrected chi connectivity index (χ2v) is 4.30. The van der Waals surface area contributed by atoms with Crippen LogP contribution in [0, 0.1) is 6.92 Å². The molecular formula is C9H15N3O2S. The Balaban J connectivity index is 2.73. The smallest absolute Gasteiger partial charge is 0.316 e. The van der Waals surface area contributed by atoms with E-state index in [1.165, 1.54) is 18.9 Å². The van der Waals surface area contributed by atoms with E-state index in [-0.39, 0.29) is 11.7 Å². The first-order valence-corrected chi connectivity index (χ1v) is 5.66. The minimum atomic E-state index is -0.254. The zero-order chi connectivity index (χ0) is 11.4. The van der Waals surface area contributed by atoms with Crippen molar-refractivity contribution in [1.29, 1.82) is 0 Å². The summed E-state index contributed by atoms with van der Waals surface area (Å²) in [4.78, 5) is 11.0. The number of aryl methyl sites for hydroxylation is 1. The van der Waals surface area contributed by atoms with Gasteiger partial charge in [-0.05, 0) is 20.8 Å². The number of ether oxygens (including phenoxy) is 1. The van der Waals surface area contributed by atoms with Crippen molar-refractivity contribution in [3.63, 3.8) is 0 Å². The standard InChI is InChI=1S/C9H15N3O2S/c1-6(2)12-7(3)10-11-9(12)15-5-8(13)14-4/h6H,5H2,1-4H3. The molecule has 5 nitrogen and oxygen atoms in total. The Kier molecular flexibility index (Phi) is 4.14. The van der Waals surface area contributed by atoms with Crippen LogP contribution in [-0.4, -0.2) is 33.6 Å². The number of hydrogen-bond acceptors (Lipinski definition) is 5. The Morgan fingerprint density at radius 2 is 2.20 bits per heavy atom. The highest BCUT2D eigenvalue weighted by atomic mass is 32.2. The van der Waals surface area contributed by atoms with Gasteiger partial charge in [0.05, 0.1) is 12.9 Å². The van der Waals surface area contributed by atoms with Gasteiger partial charge in [-0.1, -0.05) is 11.8 Å². The third-order valence-corrected chi connectivity index (χ3v) is 2.81. The quantitative estimate of drug-likeness (QED) is 0.577. The van der Waals surface area contributed by atoms with E-state index in [0.29, 0.717) is 6.04 Å². The molecule has 0 bridgehead atoms. The molecule has 0 N–H and O–H groups in total. The van der Waals surface area contributed by atoms with E-state index in [1.54, 1.807) is 0 Å². The Hall–Kier alpha value is -1.04. The van der Waals surface area contributed by atoms with Gasteiger partial charge in [0.2, 0.25) is 0 Å². The van der Waals surface area contributed by atoms with Crippen LogP contribution in [0.1, 0.15) is 25.7 Å². The minimum Gasteiger partial charge on any atom is -0.468 e. The van der Waals surface area contributed by atoms with Crippen molar-refractivity contribution in [2.24, 2.45) is 0 Å². The van der Waals surface area contributed by atoms with E-state index < -0.39 is 0 Å². The largest absolute Gasteiger partial charge is 0.468 e. The summed E-state index contributed by atoms with van der Waals surface area (Å²) in [5, 5.41) is 8.75. The molecule has 0 aliphatic carbocycles. The average molecular weight is 229 g/mol. The first-order valence-electron chi connectivity index (χ1n) is 4.67. The van der Waals surface area contributed by atoms with E-state index in [0.717, 1.165) is 11.0 Å². The highest BCUT2D eigenvalue weighted by molar-refractivity contribution is 7.99. The first kappa shape index (κ1) is 12.0. The molecule has 0 saturated heterocycles. The fourth-order valence-corrected chi connectivity index (χ4v) is 2.17. The molecular weight excluding hydrogens is 214 g/mol. The van der Waals surface area contributed by atoms with Crippen LogP contribution in [0.2, 0.25) is 0 Å². The Labute approximate surface area is 93.2 Å². The van der Waals surface area contributed by atoms with Crippen LogP contribution in [-0.2, 0) is 9.53 Å². The molecule has 0 atom stereocenters. The molecule has 0 unspecified atom stereocenters. The molecule has 0 radical (unpaired) electrons. The number of rotatable bonds is 4. The summed E-state index contributed by atoms with van der Waals surface area (Å²) in [5.74, 6) is 0.870. The minimum absolute atomic E-state index is 0.254. The molecule has 15 heavy (non-hydrogen) atoms. The maximum Gasteiger partial charge on any atom is 0.316 e. The summed E-state index contributed by atoms with van der Waals surface area (Å²) in [5.41, 5.74) is 0. The lowest BCUT2D eigenvalue weighted by atomic mass is 10.4. The first-order chi connectivity index (χ1) is 7.06. The fraction of sp³-hybridized carbons (Fsp3) is 0.667. The molecule has 0 aromatic carbocycles. The summed E-state index contributed by atoms with van der Waals surface area (Å²) >= 11 is 1.34. The van der Waals surface area contributed by atoms with Gasteiger partial charge >= 0.3 is 5.97 Å². The van der Waals surface area contributed by atoms with Crippen molar-refractivity contribution in [1.82, 2.24) is 14.8 Å². The maximum absolute atomic E-state index is 11.0. The third-order valence-electron chi connectivity index (χ3n) is 1.90. The van der Waals surface area contributed by atoms with Crippen molar-refractivity contribution in [3.05, 3.63) is 5.82 Å². The van der Waals surface area contributed by atoms with Crippen molar-refractivity contribution in [2.45, 2.75) is 32.0 Å². The lowest BCUT2D eigenvalue weighted by Crippen LogP contribution is -2.08. The molecule has 6 heteroatoms. The zero-order valence-corrected chi connectivity index (χ0v) is 10.2. The number of esters is 1. The molecule has 1 aromatic rings. The molecule has 0 aliphatic rings. The zero-order valence-electron chi connectivity index (χ0n) is 9.35. The Morgan fingerprint density at radius 3 is 2.73 bits per heavy atom. The molecule has 84 valence electrons. The summed E-state index contributed by atoms with van der Waals surface area (Å²) in [6.45, 7) is 6.01. The van der Waals surface area contributed by atoms with E-state index in [1.807, 2.05) is 11.5 Å². The number of nitrogens with zero attached hydrogens (tertiary/aromatic N) is 3. The molecule has 0 amide bonds. The molecule has 0 fully saturated rings. The van der Waals surface area contributed by atoms with E-state index in [9.17, 15) is 4.79 Å². The monoisotopic (exact) mass is 229 g/mol. The SMILES string of the molecule is COC(=O)CSc1nnc(C)n1C(C)C. The molecule has 1 heterocycles. The lowest BCUT2D eigenvalue weighted by Gasteiger charge is -2.11. The van der Waals surface area contributed by atoms with Gasteiger partial charge in [-0.2, -0.15) is 0 Å². The highest BCUT2D eigenvalue weighted by Crippen LogP contribution is 2.20. The van der Waals surface area contributed by atoms with Crippen molar-refractivity contribution < 1.29 is 9.53 Å². The summed E-state index contributed by atoms with van der Waals surface area (Å²) < 4.78 is 6.56. The number of carbonyl (C=O) groups is 1. The second kappa shape index (κ2) is 5.16. The Bertz CT molecular complexity index is 349. The third kappa shape index (κ3) is 2.95. The van der Waals surface area contributed by atoms with Crippen LogP contribution in [0.4, 0.5) is 0 Å². The van der Waals surface area contributed by atoms with Crippen LogP contribution in [0.25, 0.3) is 0 Å². The fourth-order valence-electron chi connectivity index (χ4n) is 1.23. The van der Waals surface area contributed by atoms with Crippen molar-refractivity contribution in [2.75, 3.05) is 12.9 Å². The van der Waals surface area contributed by atoms with Gasteiger partial charge in [-0.15, -0.1) is 10.2 Å². The molecule has 1 rings (SSSR count). The van der Waals surface area contributed by atoms with Crippen molar-refractivity contribution >= 4 is 17.7 Å². The summed E-state index contributed by atoms with van der Waals surface area (Å²) in [7, 11) is 1.38. The predicted molar refractivity (Wildman–Crippen MR) is 57.9 cm³/mol. The molecule has 0 saturated carbocycles. The predicted octanol–water partition coefficient (Wildman–Crippen LogP) is 1.43. The van der Waals surface area contributed by atoms with Crippen LogP contribution in [0.5, 0.6) is 0 Å². The van der Waals surface area contributed by atoms with Gasteiger partial charge in [0.1, 0.15) is 5.82 Å². The summed E-state index contributed by atoms with van der Waals surface area (Å²) in [6.07, 6.45) is 0. The lowest BCUT2D eigenvalue weighted by molar-refractivity contribution is -0.137. The molecule has 1 aromatic heterocycles. The van der Waals surface area contributed by atoms with Crippen LogP contribution in [0.3, 0.4) is 0 Å². The van der Waals surface area contributed by atoms with Gasteiger partial charge in [0.15, 0.2) is 5.16 Å². The van der Waals surface area contributed by atoms with Gasteiger partial charge in [-0.25, -0.2) is 0 Å². The van der Waals surface area contributed by atoms with Gasteiger partial charge in [0, 0.05) is 6.04 Å². The maximum atomic E-state index is 11.0. The van der Waals surface area contributed by atoms with E-state index in [2.05, 4.69) is 28.8 Å². The number of aromatic nitrogens is 3.